The molecular formula is C10H7ClKN3O2. The number of carbonyl (C=O) groups is 1. The Balaban J connectivity index is 0.00000108. The van der Waals surface area contributed by atoms with Crippen molar-refractivity contribution in [3.63, 3.8) is 0 Å². The first-order valence-electron chi connectivity index (χ1n) is 4.94. The van der Waals surface area contributed by atoms with Crippen LogP contribution in [0, 0.1) is 0 Å². The van der Waals surface area contributed by atoms with E-state index in [1.165, 1.54) is 6.33 Å². The number of aromatic nitrogens is 3. The van der Waals surface area contributed by atoms with Crippen LogP contribution in [0.2, 0.25) is 5.15 Å². The van der Waals surface area contributed by atoms with Crippen molar-refractivity contribution in [1.29, 1.82) is 0 Å². The third-order valence-electron chi connectivity index (χ3n) is 2.94. The van der Waals surface area contributed by atoms with Gasteiger partial charge in [0.15, 0.2) is 5.65 Å². The van der Waals surface area contributed by atoms with Crippen molar-refractivity contribution in [2.45, 2.75) is 19.3 Å². The largest absolute Gasteiger partial charge is 1.00 e. The van der Waals surface area contributed by atoms with E-state index in [1.807, 2.05) is 0 Å². The summed E-state index contributed by atoms with van der Waals surface area (Å²) in [4.78, 5) is 19.0. The van der Waals surface area contributed by atoms with E-state index in [-0.39, 0.29) is 51.4 Å². The van der Waals surface area contributed by atoms with E-state index in [9.17, 15) is 9.90 Å². The fraction of sp³-hybridized carbons (Fsp3) is 0.300. The van der Waals surface area contributed by atoms with E-state index in [0.717, 1.165) is 35.1 Å². The molecule has 0 unspecified atom stereocenters. The fourth-order valence-corrected chi connectivity index (χ4v) is 2.60. The van der Waals surface area contributed by atoms with E-state index < -0.39 is 6.09 Å². The number of hydrogen-bond donors (Lipinski definition) is 0. The second-order valence-electron chi connectivity index (χ2n) is 3.74. The van der Waals surface area contributed by atoms with Gasteiger partial charge in [0.2, 0.25) is 0 Å². The van der Waals surface area contributed by atoms with Crippen LogP contribution in [0.1, 0.15) is 17.7 Å². The molecular weight excluding hydrogens is 269 g/mol. The van der Waals surface area contributed by atoms with Gasteiger partial charge in [-0.05, 0) is 24.8 Å². The molecule has 5 nitrogen and oxygen atoms in total. The Hall–Kier alpha value is 0.0164. The number of nitrogens with zero attached hydrogens (tertiary/aromatic N) is 3. The monoisotopic (exact) mass is 275 g/mol. The maximum atomic E-state index is 11.1. The first-order chi connectivity index (χ1) is 7.70. The minimum atomic E-state index is -1.26. The summed E-state index contributed by atoms with van der Waals surface area (Å²) in [6, 6.07) is 0. The summed E-state index contributed by atoms with van der Waals surface area (Å²) in [7, 11) is 0. The smallest absolute Gasteiger partial charge is 0.529 e. The van der Waals surface area contributed by atoms with E-state index in [0.29, 0.717) is 16.2 Å². The molecule has 7 heteroatoms. The number of rotatable bonds is 0. The molecule has 82 valence electrons. The summed E-state index contributed by atoms with van der Waals surface area (Å²) in [6.45, 7) is 0. The predicted molar refractivity (Wildman–Crippen MR) is 55.4 cm³/mol. The zero-order chi connectivity index (χ0) is 11.3. The second kappa shape index (κ2) is 4.95. The predicted octanol–water partition coefficient (Wildman–Crippen LogP) is -2.23. The molecule has 0 saturated heterocycles. The standard InChI is InChI=1S/C10H8ClN3O2.K/c11-8-7-5-2-1-3-6(5)14(10(15)16)9(7)13-4-12-8;/h4H,1-3H2,(H,15,16);/q;+1/p-1. The average molecular weight is 276 g/mol. The maximum absolute atomic E-state index is 11.1. The third-order valence-corrected chi connectivity index (χ3v) is 3.22. The van der Waals surface area contributed by atoms with Gasteiger partial charge in [-0.2, -0.15) is 0 Å². The van der Waals surface area contributed by atoms with Crippen LogP contribution in [-0.4, -0.2) is 20.6 Å². The van der Waals surface area contributed by atoms with Crippen LogP contribution in [-0.2, 0) is 12.8 Å². The van der Waals surface area contributed by atoms with Crippen molar-refractivity contribution in [2.24, 2.45) is 0 Å². The summed E-state index contributed by atoms with van der Waals surface area (Å²) in [5, 5.41) is 12.1. The number of carboxylic acid groups (broad SMARTS) is 1. The Labute approximate surface area is 145 Å². The number of fused-ring (bicyclic) bond motifs is 3. The first kappa shape index (κ1) is 13.4. The van der Waals surface area contributed by atoms with Crippen LogP contribution >= 0.6 is 11.6 Å². The number of halogens is 1. The Morgan fingerprint density at radius 3 is 2.88 bits per heavy atom. The Kier molecular flexibility index (Phi) is 3.91. The van der Waals surface area contributed by atoms with Crippen LogP contribution in [0.4, 0.5) is 4.79 Å². The number of aryl methyl sites for hydroxylation is 1. The number of hydrogen-bond acceptors (Lipinski definition) is 4. The third kappa shape index (κ3) is 1.96. The zero-order valence-corrected chi connectivity index (χ0v) is 13.1. The summed E-state index contributed by atoms with van der Waals surface area (Å²) in [5.41, 5.74) is 2.03. The molecule has 17 heavy (non-hydrogen) atoms. The molecule has 0 fully saturated rings. The van der Waals surface area contributed by atoms with E-state index in [2.05, 4.69) is 9.97 Å². The molecule has 0 bridgehead atoms. The minimum Gasteiger partial charge on any atom is -0.529 e. The average Bonchev–Trinajstić information content (AvgIpc) is 2.75. The molecule has 0 radical (unpaired) electrons. The molecule has 3 rings (SSSR count). The van der Waals surface area contributed by atoms with Crippen molar-refractivity contribution in [3.8, 4) is 0 Å². The summed E-state index contributed by atoms with van der Waals surface area (Å²) >= 11 is 5.98. The molecule has 2 aromatic heterocycles. The molecule has 0 atom stereocenters. The Bertz CT molecular complexity index is 611. The number of carbonyl (C=O) groups excluding carboxylic acids is 1. The molecule has 0 aromatic carbocycles. The van der Waals surface area contributed by atoms with Crippen molar-refractivity contribution >= 4 is 28.7 Å². The molecule has 0 aliphatic heterocycles. The van der Waals surface area contributed by atoms with Crippen molar-refractivity contribution < 1.29 is 61.3 Å². The minimum absolute atomic E-state index is 0. The quantitative estimate of drug-likeness (QED) is 0.403. The zero-order valence-electron chi connectivity index (χ0n) is 9.23. The van der Waals surface area contributed by atoms with E-state index in [1.54, 1.807) is 0 Å². The van der Waals surface area contributed by atoms with Gasteiger partial charge in [0, 0.05) is 5.69 Å². The molecule has 2 heterocycles. The van der Waals surface area contributed by atoms with Gasteiger partial charge in [-0.15, -0.1) is 0 Å². The van der Waals surface area contributed by atoms with Gasteiger partial charge in [-0.3, -0.25) is 4.57 Å². The van der Waals surface area contributed by atoms with Gasteiger partial charge in [0.05, 0.1) is 5.39 Å². The van der Waals surface area contributed by atoms with Gasteiger partial charge in [-0.1, -0.05) is 11.6 Å². The van der Waals surface area contributed by atoms with Crippen LogP contribution < -0.4 is 56.5 Å². The van der Waals surface area contributed by atoms with Gasteiger partial charge in [0.1, 0.15) is 17.6 Å². The fourth-order valence-electron chi connectivity index (χ4n) is 2.35. The van der Waals surface area contributed by atoms with E-state index in [4.69, 9.17) is 11.6 Å². The topological polar surface area (TPSA) is 70.8 Å². The summed E-state index contributed by atoms with van der Waals surface area (Å²) < 4.78 is 1.12. The molecule has 1 aliphatic rings. The molecule has 0 amide bonds. The Morgan fingerprint density at radius 2 is 2.18 bits per heavy atom. The normalized spacial score (nSPS) is 13.5. The van der Waals surface area contributed by atoms with Crippen LogP contribution in [0.15, 0.2) is 6.33 Å². The van der Waals surface area contributed by atoms with Crippen LogP contribution in [0.25, 0.3) is 11.0 Å². The van der Waals surface area contributed by atoms with Crippen LogP contribution in [0.5, 0.6) is 0 Å². The SMILES string of the molecule is O=C([O-])n1c2c(c3c(Cl)ncnc31)CCC2.[K+]. The van der Waals surface area contributed by atoms with Gasteiger partial charge >= 0.3 is 51.4 Å². The molecule has 1 aliphatic carbocycles. The molecule has 0 N–H and O–H groups in total. The first-order valence-corrected chi connectivity index (χ1v) is 5.32. The van der Waals surface area contributed by atoms with Crippen molar-refractivity contribution in [1.82, 2.24) is 14.5 Å². The molecule has 2 aromatic rings. The van der Waals surface area contributed by atoms with Gasteiger partial charge in [0.25, 0.3) is 0 Å². The van der Waals surface area contributed by atoms with Crippen molar-refractivity contribution in [2.75, 3.05) is 0 Å². The van der Waals surface area contributed by atoms with Crippen LogP contribution in [0.3, 0.4) is 0 Å². The molecule has 0 spiro atoms. The maximum Gasteiger partial charge on any atom is 1.00 e. The van der Waals surface area contributed by atoms with Crippen molar-refractivity contribution in [3.05, 3.63) is 22.7 Å². The summed E-state index contributed by atoms with van der Waals surface area (Å²) in [5.74, 6) is 0. The van der Waals surface area contributed by atoms with Gasteiger partial charge in [-0.25, -0.2) is 9.97 Å². The summed E-state index contributed by atoms with van der Waals surface area (Å²) in [6.07, 6.45) is 2.47. The van der Waals surface area contributed by atoms with E-state index >= 15 is 0 Å². The Morgan fingerprint density at radius 1 is 1.41 bits per heavy atom. The molecule has 0 saturated carbocycles. The van der Waals surface area contributed by atoms with Gasteiger partial charge < -0.3 is 9.90 Å². The second-order valence-corrected chi connectivity index (χ2v) is 4.10.